The second-order valence-corrected chi connectivity index (χ2v) is 7.32. The number of ether oxygens (including phenoxy) is 1. The van der Waals surface area contributed by atoms with Crippen LogP contribution in [0.15, 0.2) is 72.9 Å². The molecule has 1 aliphatic rings. The lowest BCUT2D eigenvalue weighted by Crippen LogP contribution is -2.19. The third-order valence-corrected chi connectivity index (χ3v) is 5.24. The molecule has 0 amide bonds. The number of likely N-dealkylation sites (tertiary alicyclic amines) is 1. The van der Waals surface area contributed by atoms with Crippen LogP contribution in [0.3, 0.4) is 0 Å². The van der Waals surface area contributed by atoms with Crippen molar-refractivity contribution >= 4 is 5.78 Å². The van der Waals surface area contributed by atoms with Gasteiger partial charge in [0.2, 0.25) is 5.88 Å². The SMILES string of the molecule is CC(=O)c1ccc(Oc2ccc(CN3CCC(c4ccccc4)C3)cc2)nc1. The predicted octanol–water partition coefficient (Wildman–Crippen LogP) is 5.07. The molecular formula is C24H24N2O2. The monoisotopic (exact) mass is 372 g/mol. The number of benzene rings is 2. The van der Waals surface area contributed by atoms with E-state index in [4.69, 9.17) is 4.74 Å². The fourth-order valence-corrected chi connectivity index (χ4v) is 3.66. The predicted molar refractivity (Wildman–Crippen MR) is 110 cm³/mol. The van der Waals surface area contributed by atoms with Crippen LogP contribution in [0.4, 0.5) is 0 Å². The van der Waals surface area contributed by atoms with Gasteiger partial charge in [-0.3, -0.25) is 9.69 Å². The standard InChI is InChI=1S/C24H24N2O2/c1-18(27)21-9-12-24(25-15-21)28-23-10-7-19(8-11-23)16-26-14-13-22(17-26)20-5-3-2-4-6-20/h2-12,15,22H,13-14,16-17H2,1H3. The van der Waals surface area contributed by atoms with Crippen molar-refractivity contribution in [3.63, 3.8) is 0 Å². The van der Waals surface area contributed by atoms with E-state index in [0.717, 1.165) is 25.4 Å². The van der Waals surface area contributed by atoms with Crippen molar-refractivity contribution < 1.29 is 9.53 Å². The molecule has 1 aliphatic heterocycles. The van der Waals surface area contributed by atoms with Crippen molar-refractivity contribution in [3.05, 3.63) is 89.6 Å². The zero-order valence-electron chi connectivity index (χ0n) is 16.0. The molecule has 1 saturated heterocycles. The summed E-state index contributed by atoms with van der Waals surface area (Å²) in [7, 11) is 0. The summed E-state index contributed by atoms with van der Waals surface area (Å²) >= 11 is 0. The normalized spacial score (nSPS) is 16.8. The summed E-state index contributed by atoms with van der Waals surface area (Å²) in [6.07, 6.45) is 2.76. The second kappa shape index (κ2) is 8.36. The number of pyridine rings is 1. The van der Waals surface area contributed by atoms with Crippen LogP contribution in [-0.2, 0) is 6.54 Å². The Morgan fingerprint density at radius 3 is 2.54 bits per heavy atom. The molecule has 3 aromatic rings. The fraction of sp³-hybridized carbons (Fsp3) is 0.250. The molecule has 2 aromatic carbocycles. The lowest BCUT2D eigenvalue weighted by atomic mass is 9.99. The minimum Gasteiger partial charge on any atom is -0.439 e. The number of aromatic nitrogens is 1. The number of carbonyl (C=O) groups is 1. The summed E-state index contributed by atoms with van der Waals surface area (Å²) in [4.78, 5) is 18.0. The first-order valence-corrected chi connectivity index (χ1v) is 9.68. The van der Waals surface area contributed by atoms with Crippen LogP contribution < -0.4 is 4.74 Å². The largest absolute Gasteiger partial charge is 0.439 e. The highest BCUT2D eigenvalue weighted by Crippen LogP contribution is 2.28. The molecule has 142 valence electrons. The van der Waals surface area contributed by atoms with E-state index >= 15 is 0 Å². The average molecular weight is 372 g/mol. The molecule has 1 aromatic heterocycles. The van der Waals surface area contributed by atoms with Gasteiger partial charge in [-0.25, -0.2) is 4.98 Å². The van der Waals surface area contributed by atoms with Gasteiger partial charge in [0.25, 0.3) is 0 Å². The number of nitrogens with zero attached hydrogens (tertiary/aromatic N) is 2. The van der Waals surface area contributed by atoms with E-state index in [9.17, 15) is 4.79 Å². The first kappa shape index (κ1) is 18.4. The Bertz CT molecular complexity index is 921. The number of ketones is 1. The van der Waals surface area contributed by atoms with E-state index in [1.165, 1.54) is 24.5 Å². The van der Waals surface area contributed by atoms with Gasteiger partial charge < -0.3 is 4.74 Å². The Balaban J connectivity index is 1.33. The van der Waals surface area contributed by atoms with Gasteiger partial charge in [-0.05, 0) is 55.1 Å². The van der Waals surface area contributed by atoms with E-state index < -0.39 is 0 Å². The van der Waals surface area contributed by atoms with Crippen LogP contribution in [0.1, 0.15) is 40.7 Å². The zero-order chi connectivity index (χ0) is 19.3. The van der Waals surface area contributed by atoms with E-state index in [1.807, 2.05) is 12.1 Å². The van der Waals surface area contributed by atoms with E-state index in [1.54, 1.807) is 18.3 Å². The summed E-state index contributed by atoms with van der Waals surface area (Å²) in [5.41, 5.74) is 3.31. The molecule has 0 N–H and O–H groups in total. The number of carbonyl (C=O) groups excluding carboxylic acids is 1. The first-order valence-electron chi connectivity index (χ1n) is 9.68. The first-order chi connectivity index (χ1) is 13.7. The Hall–Kier alpha value is -2.98. The molecule has 1 fully saturated rings. The van der Waals surface area contributed by atoms with Crippen LogP contribution in [0, 0.1) is 0 Å². The number of hydrogen-bond acceptors (Lipinski definition) is 4. The van der Waals surface area contributed by atoms with Crippen molar-refractivity contribution in [2.24, 2.45) is 0 Å². The maximum Gasteiger partial charge on any atom is 0.219 e. The Morgan fingerprint density at radius 2 is 1.86 bits per heavy atom. The number of rotatable bonds is 6. The quantitative estimate of drug-likeness (QED) is 0.567. The van der Waals surface area contributed by atoms with Gasteiger partial charge in [0.15, 0.2) is 5.78 Å². The Labute approximate surface area is 165 Å². The second-order valence-electron chi connectivity index (χ2n) is 7.32. The van der Waals surface area contributed by atoms with Gasteiger partial charge >= 0.3 is 0 Å². The van der Waals surface area contributed by atoms with Gasteiger partial charge in [0.05, 0.1) is 0 Å². The summed E-state index contributed by atoms with van der Waals surface area (Å²) in [6.45, 7) is 4.72. The molecule has 2 heterocycles. The van der Waals surface area contributed by atoms with Crippen molar-refractivity contribution in [1.82, 2.24) is 9.88 Å². The Kier molecular flexibility index (Phi) is 5.49. The summed E-state index contributed by atoms with van der Waals surface area (Å²) in [5, 5.41) is 0. The molecule has 0 saturated carbocycles. The van der Waals surface area contributed by atoms with Crippen molar-refractivity contribution in [2.75, 3.05) is 13.1 Å². The average Bonchev–Trinajstić information content (AvgIpc) is 3.19. The van der Waals surface area contributed by atoms with E-state index in [0.29, 0.717) is 17.4 Å². The minimum absolute atomic E-state index is 0.000168. The van der Waals surface area contributed by atoms with Crippen LogP contribution in [0.25, 0.3) is 0 Å². The smallest absolute Gasteiger partial charge is 0.219 e. The molecule has 4 nitrogen and oxygen atoms in total. The third-order valence-electron chi connectivity index (χ3n) is 5.24. The molecule has 28 heavy (non-hydrogen) atoms. The maximum atomic E-state index is 11.3. The molecule has 1 unspecified atom stereocenters. The highest BCUT2D eigenvalue weighted by molar-refractivity contribution is 5.93. The maximum absolute atomic E-state index is 11.3. The number of Topliss-reactive ketones (excluding diaryl/α,β-unsaturated/α-hetero) is 1. The van der Waals surface area contributed by atoms with E-state index in [2.05, 4.69) is 52.3 Å². The highest BCUT2D eigenvalue weighted by Gasteiger charge is 2.23. The van der Waals surface area contributed by atoms with Crippen molar-refractivity contribution in [1.29, 1.82) is 0 Å². The molecular weight excluding hydrogens is 348 g/mol. The zero-order valence-corrected chi connectivity index (χ0v) is 16.0. The number of hydrogen-bond donors (Lipinski definition) is 0. The third kappa shape index (κ3) is 4.46. The lowest BCUT2D eigenvalue weighted by Gasteiger charge is -2.16. The minimum atomic E-state index is -0.000168. The lowest BCUT2D eigenvalue weighted by molar-refractivity contribution is 0.101. The van der Waals surface area contributed by atoms with Gasteiger partial charge in [-0.2, -0.15) is 0 Å². The molecule has 0 spiro atoms. The molecule has 0 bridgehead atoms. The summed E-state index contributed by atoms with van der Waals surface area (Å²) in [6, 6.07) is 22.4. The van der Waals surface area contributed by atoms with Gasteiger partial charge in [0.1, 0.15) is 5.75 Å². The molecule has 0 radical (unpaired) electrons. The summed E-state index contributed by atoms with van der Waals surface area (Å²) in [5.74, 6) is 1.87. The topological polar surface area (TPSA) is 42.4 Å². The molecule has 4 rings (SSSR count). The highest BCUT2D eigenvalue weighted by atomic mass is 16.5. The van der Waals surface area contributed by atoms with Crippen LogP contribution in [-0.4, -0.2) is 28.8 Å². The summed E-state index contributed by atoms with van der Waals surface area (Å²) < 4.78 is 5.78. The van der Waals surface area contributed by atoms with Crippen molar-refractivity contribution in [2.45, 2.75) is 25.8 Å². The van der Waals surface area contributed by atoms with Gasteiger partial charge in [0, 0.05) is 30.9 Å². The van der Waals surface area contributed by atoms with Crippen LogP contribution >= 0.6 is 0 Å². The molecule has 0 aliphatic carbocycles. The van der Waals surface area contributed by atoms with Crippen LogP contribution in [0.2, 0.25) is 0 Å². The van der Waals surface area contributed by atoms with Gasteiger partial charge in [-0.1, -0.05) is 42.5 Å². The van der Waals surface area contributed by atoms with Gasteiger partial charge in [-0.15, -0.1) is 0 Å². The molecule has 1 atom stereocenters. The van der Waals surface area contributed by atoms with E-state index in [-0.39, 0.29) is 5.78 Å². The van der Waals surface area contributed by atoms with Crippen LogP contribution in [0.5, 0.6) is 11.6 Å². The van der Waals surface area contributed by atoms with Crippen molar-refractivity contribution in [3.8, 4) is 11.6 Å². The fourth-order valence-electron chi connectivity index (χ4n) is 3.66. The molecule has 4 heteroatoms. The Morgan fingerprint density at radius 1 is 1.07 bits per heavy atom.